The Morgan fingerprint density at radius 1 is 1.05 bits per heavy atom. The Morgan fingerprint density at radius 2 is 1.68 bits per heavy atom. The van der Waals surface area contributed by atoms with Crippen LogP contribution in [0, 0.1) is 6.92 Å². The molecule has 0 amide bonds. The van der Waals surface area contributed by atoms with Crippen molar-refractivity contribution >= 4 is 26.7 Å². The van der Waals surface area contributed by atoms with Crippen LogP contribution in [0.5, 0.6) is 0 Å². The molecule has 0 unspecified atom stereocenters. The number of rotatable bonds is 3. The van der Waals surface area contributed by atoms with Gasteiger partial charge in [0.05, 0.1) is 10.8 Å². The molecule has 19 heavy (non-hydrogen) atoms. The van der Waals surface area contributed by atoms with E-state index in [1.807, 2.05) is 55.5 Å². The van der Waals surface area contributed by atoms with Crippen LogP contribution in [0.2, 0.25) is 0 Å². The van der Waals surface area contributed by atoms with Gasteiger partial charge in [-0.1, -0.05) is 45.8 Å². The Morgan fingerprint density at radius 3 is 2.32 bits per heavy atom. The van der Waals surface area contributed by atoms with Crippen molar-refractivity contribution < 1.29 is 8.95 Å². The molecule has 0 spiro atoms. The average Bonchev–Trinajstić information content (AvgIpc) is 3.20. The molecule has 0 radical (unpaired) electrons. The molecular formula is C15H13BrO2S. The third-order valence-corrected chi connectivity index (χ3v) is 5.16. The summed E-state index contributed by atoms with van der Waals surface area (Å²) in [5.41, 5.74) is 2.03. The summed E-state index contributed by atoms with van der Waals surface area (Å²) in [6.07, 6.45) is -0.0461. The van der Waals surface area contributed by atoms with Gasteiger partial charge in [-0.25, -0.2) is 0 Å². The second-order valence-electron chi connectivity index (χ2n) is 4.59. The summed E-state index contributed by atoms with van der Waals surface area (Å²) < 4.78 is 19.0. The Balaban J connectivity index is 1.74. The van der Waals surface area contributed by atoms with Crippen LogP contribution in [0.15, 0.2) is 57.9 Å². The predicted molar refractivity (Wildman–Crippen MR) is 79.3 cm³/mol. The number of epoxide rings is 1. The Labute approximate surface area is 123 Å². The fourth-order valence-corrected chi connectivity index (χ4v) is 3.50. The van der Waals surface area contributed by atoms with Crippen molar-refractivity contribution in [3.05, 3.63) is 64.1 Å². The lowest BCUT2D eigenvalue weighted by Gasteiger charge is -2.00. The van der Waals surface area contributed by atoms with Crippen LogP contribution in [0.25, 0.3) is 0 Å². The first-order valence-electron chi connectivity index (χ1n) is 6.03. The number of benzene rings is 2. The minimum atomic E-state index is -1.10. The molecule has 1 aliphatic rings. The minimum absolute atomic E-state index is 0.0461. The van der Waals surface area contributed by atoms with E-state index in [-0.39, 0.29) is 11.5 Å². The van der Waals surface area contributed by atoms with Crippen LogP contribution in [0.1, 0.15) is 17.2 Å². The third-order valence-electron chi connectivity index (χ3n) is 3.11. The van der Waals surface area contributed by atoms with E-state index in [1.54, 1.807) is 0 Å². The molecular weight excluding hydrogens is 324 g/mol. The van der Waals surface area contributed by atoms with Crippen LogP contribution < -0.4 is 0 Å². The van der Waals surface area contributed by atoms with Gasteiger partial charge in [0.2, 0.25) is 0 Å². The summed E-state index contributed by atoms with van der Waals surface area (Å²) in [5, 5.41) is 0. The molecule has 98 valence electrons. The summed E-state index contributed by atoms with van der Waals surface area (Å²) in [5.74, 6) is 0. The fraction of sp³-hybridized carbons (Fsp3) is 0.200. The zero-order valence-corrected chi connectivity index (χ0v) is 12.8. The number of halogens is 1. The Bertz CT molecular complexity index is 607. The normalized spacial score (nSPS) is 23.1. The van der Waals surface area contributed by atoms with Crippen LogP contribution in [0.4, 0.5) is 0 Å². The highest BCUT2D eigenvalue weighted by Crippen LogP contribution is 2.42. The molecule has 2 aromatic rings. The molecule has 1 fully saturated rings. The van der Waals surface area contributed by atoms with Gasteiger partial charge in [-0.3, -0.25) is 4.21 Å². The summed E-state index contributed by atoms with van der Waals surface area (Å²) in [4.78, 5) is 0.829. The van der Waals surface area contributed by atoms with E-state index >= 15 is 0 Å². The summed E-state index contributed by atoms with van der Waals surface area (Å²) in [6.45, 7) is 2.02. The molecule has 4 heteroatoms. The van der Waals surface area contributed by atoms with E-state index in [9.17, 15) is 4.21 Å². The van der Waals surface area contributed by atoms with Gasteiger partial charge in [-0.05, 0) is 36.8 Å². The highest BCUT2D eigenvalue weighted by Gasteiger charge is 2.45. The Kier molecular flexibility index (Phi) is 3.56. The minimum Gasteiger partial charge on any atom is -0.350 e. The zero-order valence-electron chi connectivity index (χ0n) is 10.4. The maximum Gasteiger partial charge on any atom is 0.168 e. The van der Waals surface area contributed by atoms with Gasteiger partial charge in [-0.2, -0.15) is 0 Å². The first-order valence-corrected chi connectivity index (χ1v) is 8.04. The second-order valence-corrected chi connectivity index (χ2v) is 7.03. The van der Waals surface area contributed by atoms with Gasteiger partial charge in [0, 0.05) is 9.37 Å². The van der Waals surface area contributed by atoms with Crippen molar-refractivity contribution in [1.29, 1.82) is 0 Å². The monoisotopic (exact) mass is 336 g/mol. The Hall–Kier alpha value is -0.970. The maximum absolute atomic E-state index is 12.3. The second kappa shape index (κ2) is 5.19. The lowest BCUT2D eigenvalue weighted by Crippen LogP contribution is -2.00. The van der Waals surface area contributed by atoms with E-state index in [0.717, 1.165) is 14.9 Å². The van der Waals surface area contributed by atoms with E-state index in [1.165, 1.54) is 5.56 Å². The van der Waals surface area contributed by atoms with Crippen molar-refractivity contribution in [2.45, 2.75) is 23.4 Å². The molecule has 3 rings (SSSR count). The maximum atomic E-state index is 12.3. The van der Waals surface area contributed by atoms with Crippen LogP contribution >= 0.6 is 15.9 Å². The van der Waals surface area contributed by atoms with E-state index in [0.29, 0.717) is 0 Å². The van der Waals surface area contributed by atoms with Crippen LogP contribution in [-0.4, -0.2) is 9.64 Å². The number of hydrogen-bond acceptors (Lipinski definition) is 2. The number of hydrogen-bond donors (Lipinski definition) is 0. The molecule has 0 N–H and O–H groups in total. The van der Waals surface area contributed by atoms with E-state index < -0.39 is 10.8 Å². The standard InChI is InChI=1S/C15H13BrO2S/c1-10-2-8-13(9-3-10)19(17)15-14(18-15)11-4-6-12(16)7-5-11/h2-9,14-15H,1H3/t14-,15+,19+/m1/s1. The quantitative estimate of drug-likeness (QED) is 0.794. The lowest BCUT2D eigenvalue weighted by molar-refractivity contribution is 0.403. The van der Waals surface area contributed by atoms with Crippen molar-refractivity contribution in [3.63, 3.8) is 0 Å². The first-order chi connectivity index (χ1) is 9.15. The van der Waals surface area contributed by atoms with Gasteiger partial charge < -0.3 is 4.74 Å². The summed E-state index contributed by atoms with van der Waals surface area (Å²) in [6, 6.07) is 15.7. The lowest BCUT2D eigenvalue weighted by atomic mass is 10.2. The van der Waals surface area contributed by atoms with Gasteiger partial charge in [-0.15, -0.1) is 0 Å². The molecule has 1 heterocycles. The largest absolute Gasteiger partial charge is 0.350 e. The molecule has 2 nitrogen and oxygen atoms in total. The zero-order chi connectivity index (χ0) is 13.4. The molecule has 1 saturated heterocycles. The number of ether oxygens (including phenoxy) is 1. The highest BCUT2D eigenvalue weighted by atomic mass is 79.9. The molecule has 1 aliphatic heterocycles. The SMILES string of the molecule is Cc1ccc([S@](=O)[C@@H]2O[C@@H]2c2ccc(Br)cc2)cc1. The van der Waals surface area contributed by atoms with Gasteiger partial charge in [0.1, 0.15) is 6.10 Å². The molecule has 2 aromatic carbocycles. The summed E-state index contributed by atoms with van der Waals surface area (Å²) >= 11 is 3.40. The first kappa shape index (κ1) is 13.0. The molecule has 0 saturated carbocycles. The summed E-state index contributed by atoms with van der Waals surface area (Å²) in [7, 11) is -1.10. The van der Waals surface area contributed by atoms with E-state index in [4.69, 9.17) is 4.74 Å². The van der Waals surface area contributed by atoms with Crippen molar-refractivity contribution in [2.75, 3.05) is 0 Å². The smallest absolute Gasteiger partial charge is 0.168 e. The van der Waals surface area contributed by atoms with E-state index in [2.05, 4.69) is 15.9 Å². The molecule has 3 atom stereocenters. The van der Waals surface area contributed by atoms with Gasteiger partial charge in [0.25, 0.3) is 0 Å². The predicted octanol–water partition coefficient (Wildman–Crippen LogP) is 3.96. The van der Waals surface area contributed by atoms with Crippen molar-refractivity contribution in [3.8, 4) is 0 Å². The van der Waals surface area contributed by atoms with Crippen molar-refractivity contribution in [2.24, 2.45) is 0 Å². The number of aryl methyl sites for hydroxylation is 1. The van der Waals surface area contributed by atoms with Crippen LogP contribution in [0.3, 0.4) is 0 Å². The fourth-order valence-electron chi connectivity index (χ4n) is 1.96. The van der Waals surface area contributed by atoms with Crippen molar-refractivity contribution in [1.82, 2.24) is 0 Å². The molecule has 0 bridgehead atoms. The van der Waals surface area contributed by atoms with Gasteiger partial charge >= 0.3 is 0 Å². The van der Waals surface area contributed by atoms with Crippen LogP contribution in [-0.2, 0) is 15.5 Å². The topological polar surface area (TPSA) is 29.6 Å². The van der Waals surface area contributed by atoms with Gasteiger partial charge in [0.15, 0.2) is 5.44 Å². The molecule has 0 aromatic heterocycles. The average molecular weight is 337 g/mol. The third kappa shape index (κ3) is 2.81. The molecule has 0 aliphatic carbocycles. The highest BCUT2D eigenvalue weighted by molar-refractivity contribution is 9.10.